The molecule has 4 nitrogen and oxygen atoms in total. The molecule has 1 aliphatic heterocycles. The molecule has 1 N–H and O–H groups in total. The Balaban J connectivity index is 2.23. The summed E-state index contributed by atoms with van der Waals surface area (Å²) in [5.41, 5.74) is 1.92. The Morgan fingerprint density at radius 3 is 2.74 bits per heavy atom. The average Bonchev–Trinajstić information content (AvgIpc) is 2.78. The van der Waals surface area contributed by atoms with Crippen molar-refractivity contribution in [1.82, 2.24) is 9.62 Å². The van der Waals surface area contributed by atoms with E-state index in [1.807, 2.05) is 33.0 Å². The van der Waals surface area contributed by atoms with Gasteiger partial charge in [0.15, 0.2) is 0 Å². The normalized spacial score (nSPS) is 20.9. The van der Waals surface area contributed by atoms with Gasteiger partial charge in [0.2, 0.25) is 10.0 Å². The number of hydrogen-bond donors (Lipinski definition) is 1. The van der Waals surface area contributed by atoms with Crippen LogP contribution in [0, 0.1) is 19.8 Å². The van der Waals surface area contributed by atoms with Crippen molar-refractivity contribution in [3.05, 3.63) is 29.3 Å². The maximum Gasteiger partial charge on any atom is 0.243 e. The third kappa shape index (κ3) is 2.99. The highest BCUT2D eigenvalue weighted by atomic mass is 32.2. The second-order valence-corrected chi connectivity index (χ2v) is 7.25. The first kappa shape index (κ1) is 14.5. The summed E-state index contributed by atoms with van der Waals surface area (Å²) in [5.74, 6) is 0.422. The summed E-state index contributed by atoms with van der Waals surface area (Å²) in [7, 11) is -1.43. The molecule has 0 spiro atoms. The Morgan fingerprint density at radius 1 is 1.37 bits per heavy atom. The Bertz CT molecular complexity index is 555. The molecule has 1 aliphatic rings. The van der Waals surface area contributed by atoms with E-state index in [0.29, 0.717) is 23.9 Å². The van der Waals surface area contributed by atoms with Crippen LogP contribution in [0.5, 0.6) is 0 Å². The van der Waals surface area contributed by atoms with Crippen molar-refractivity contribution in [2.24, 2.45) is 5.92 Å². The van der Waals surface area contributed by atoms with Crippen molar-refractivity contribution in [2.75, 3.05) is 26.7 Å². The van der Waals surface area contributed by atoms with Crippen molar-refractivity contribution >= 4 is 10.0 Å². The van der Waals surface area contributed by atoms with Gasteiger partial charge < -0.3 is 5.32 Å². The molecule has 106 valence electrons. The van der Waals surface area contributed by atoms with E-state index in [2.05, 4.69) is 5.32 Å². The number of aryl methyl sites for hydroxylation is 2. The van der Waals surface area contributed by atoms with E-state index < -0.39 is 10.0 Å². The molecule has 0 saturated carbocycles. The minimum atomic E-state index is -3.33. The Labute approximate surface area is 115 Å². The summed E-state index contributed by atoms with van der Waals surface area (Å²) in [6, 6.07) is 5.51. The van der Waals surface area contributed by atoms with E-state index in [1.54, 1.807) is 10.4 Å². The van der Waals surface area contributed by atoms with Gasteiger partial charge in [-0.05, 0) is 51.4 Å². The zero-order valence-electron chi connectivity index (χ0n) is 11.8. The Hall–Kier alpha value is -0.910. The first-order valence-electron chi connectivity index (χ1n) is 6.67. The van der Waals surface area contributed by atoms with E-state index in [1.165, 1.54) is 0 Å². The molecule has 0 aromatic heterocycles. The van der Waals surface area contributed by atoms with Crippen molar-refractivity contribution < 1.29 is 8.42 Å². The van der Waals surface area contributed by atoms with E-state index in [4.69, 9.17) is 0 Å². The first-order valence-corrected chi connectivity index (χ1v) is 8.11. The smallest absolute Gasteiger partial charge is 0.243 e. The molecule has 1 heterocycles. The van der Waals surface area contributed by atoms with Crippen LogP contribution in [-0.4, -0.2) is 39.4 Å². The monoisotopic (exact) mass is 282 g/mol. The van der Waals surface area contributed by atoms with Gasteiger partial charge in [0.25, 0.3) is 0 Å². The van der Waals surface area contributed by atoms with Gasteiger partial charge in [-0.2, -0.15) is 4.31 Å². The predicted molar refractivity (Wildman–Crippen MR) is 76.7 cm³/mol. The molecule has 1 aromatic rings. The standard InChI is InChI=1S/C14H22N2O2S/c1-11-4-5-14(12(2)8-11)19(17,18)16-7-6-13(10-16)9-15-3/h4-5,8,13,15H,6-7,9-10H2,1-3H3/t13-/m1/s1. The fourth-order valence-electron chi connectivity index (χ4n) is 2.70. The van der Waals surface area contributed by atoms with E-state index in [0.717, 1.165) is 24.1 Å². The van der Waals surface area contributed by atoms with Crippen LogP contribution >= 0.6 is 0 Å². The van der Waals surface area contributed by atoms with Crippen LogP contribution in [0.1, 0.15) is 17.5 Å². The summed E-state index contributed by atoms with van der Waals surface area (Å²) in [4.78, 5) is 0.447. The highest BCUT2D eigenvalue weighted by Crippen LogP contribution is 2.26. The molecule has 0 unspecified atom stereocenters. The number of benzene rings is 1. The second-order valence-electron chi connectivity index (χ2n) is 5.34. The summed E-state index contributed by atoms with van der Waals surface area (Å²) >= 11 is 0. The molecule has 1 aromatic carbocycles. The molecular weight excluding hydrogens is 260 g/mol. The van der Waals surface area contributed by atoms with Gasteiger partial charge >= 0.3 is 0 Å². The SMILES string of the molecule is CNC[C@H]1CCN(S(=O)(=O)c2ccc(C)cc2C)C1. The quantitative estimate of drug-likeness (QED) is 0.911. The zero-order valence-corrected chi connectivity index (χ0v) is 12.6. The number of hydrogen-bond acceptors (Lipinski definition) is 3. The van der Waals surface area contributed by atoms with Gasteiger partial charge in [-0.25, -0.2) is 8.42 Å². The highest BCUT2D eigenvalue weighted by Gasteiger charge is 2.32. The summed E-state index contributed by atoms with van der Waals surface area (Å²) in [5, 5.41) is 3.12. The van der Waals surface area contributed by atoms with Crippen molar-refractivity contribution in [2.45, 2.75) is 25.2 Å². The lowest BCUT2D eigenvalue weighted by molar-refractivity contribution is 0.451. The lowest BCUT2D eigenvalue weighted by atomic mass is 10.1. The van der Waals surface area contributed by atoms with Gasteiger partial charge in [0, 0.05) is 13.1 Å². The van der Waals surface area contributed by atoms with Crippen LogP contribution < -0.4 is 5.32 Å². The van der Waals surface area contributed by atoms with Crippen molar-refractivity contribution in [1.29, 1.82) is 0 Å². The molecule has 0 aliphatic carbocycles. The highest BCUT2D eigenvalue weighted by molar-refractivity contribution is 7.89. The molecule has 1 fully saturated rings. The lowest BCUT2D eigenvalue weighted by Gasteiger charge is -2.18. The molecule has 5 heteroatoms. The molecule has 1 atom stereocenters. The molecule has 0 amide bonds. The van der Waals surface area contributed by atoms with Gasteiger partial charge in [-0.3, -0.25) is 0 Å². The fraction of sp³-hybridized carbons (Fsp3) is 0.571. The third-order valence-corrected chi connectivity index (χ3v) is 5.71. The average molecular weight is 282 g/mol. The number of nitrogens with one attached hydrogen (secondary N) is 1. The molecule has 0 bridgehead atoms. The zero-order chi connectivity index (χ0) is 14.0. The Kier molecular flexibility index (Phi) is 4.28. The third-order valence-electron chi connectivity index (χ3n) is 3.69. The molecular formula is C14H22N2O2S. The minimum Gasteiger partial charge on any atom is -0.319 e. The minimum absolute atomic E-state index is 0.422. The lowest BCUT2D eigenvalue weighted by Crippen LogP contribution is -2.30. The van der Waals surface area contributed by atoms with Crippen LogP contribution in [0.25, 0.3) is 0 Å². The van der Waals surface area contributed by atoms with E-state index in [-0.39, 0.29) is 0 Å². The summed E-state index contributed by atoms with van der Waals surface area (Å²) in [6.07, 6.45) is 0.935. The molecule has 2 rings (SSSR count). The topological polar surface area (TPSA) is 49.4 Å². The second kappa shape index (κ2) is 5.61. The molecule has 1 saturated heterocycles. The Morgan fingerprint density at radius 2 is 2.11 bits per heavy atom. The van der Waals surface area contributed by atoms with Gasteiger partial charge in [-0.1, -0.05) is 17.7 Å². The maximum absolute atomic E-state index is 12.6. The van der Waals surface area contributed by atoms with Crippen molar-refractivity contribution in [3.8, 4) is 0 Å². The van der Waals surface area contributed by atoms with Crippen molar-refractivity contribution in [3.63, 3.8) is 0 Å². The summed E-state index contributed by atoms with van der Waals surface area (Å²) in [6.45, 7) is 5.96. The number of rotatable bonds is 4. The number of nitrogens with zero attached hydrogens (tertiary/aromatic N) is 1. The van der Waals surface area contributed by atoms with E-state index >= 15 is 0 Å². The van der Waals surface area contributed by atoms with Crippen LogP contribution in [-0.2, 0) is 10.0 Å². The largest absolute Gasteiger partial charge is 0.319 e. The van der Waals surface area contributed by atoms with Gasteiger partial charge in [-0.15, -0.1) is 0 Å². The van der Waals surface area contributed by atoms with Crippen LogP contribution in [0.15, 0.2) is 23.1 Å². The first-order chi connectivity index (χ1) is 8.95. The van der Waals surface area contributed by atoms with Crippen LogP contribution in [0.2, 0.25) is 0 Å². The van der Waals surface area contributed by atoms with E-state index in [9.17, 15) is 8.42 Å². The van der Waals surface area contributed by atoms with Gasteiger partial charge in [0.05, 0.1) is 4.90 Å². The predicted octanol–water partition coefficient (Wildman–Crippen LogP) is 1.53. The number of sulfonamides is 1. The van der Waals surface area contributed by atoms with Crippen LogP contribution in [0.3, 0.4) is 0 Å². The van der Waals surface area contributed by atoms with Crippen LogP contribution in [0.4, 0.5) is 0 Å². The fourth-order valence-corrected chi connectivity index (χ4v) is 4.44. The van der Waals surface area contributed by atoms with Gasteiger partial charge in [0.1, 0.15) is 0 Å². The molecule has 0 radical (unpaired) electrons. The maximum atomic E-state index is 12.6. The summed E-state index contributed by atoms with van der Waals surface area (Å²) < 4.78 is 26.9. The molecule has 19 heavy (non-hydrogen) atoms.